The van der Waals surface area contributed by atoms with Crippen LogP contribution in [0.5, 0.6) is 0 Å². The van der Waals surface area contributed by atoms with Crippen LogP contribution in [0.15, 0.2) is 146 Å². The van der Waals surface area contributed by atoms with Crippen molar-refractivity contribution >= 4 is 52.6 Å². The van der Waals surface area contributed by atoms with E-state index < -0.39 is 0 Å². The van der Waals surface area contributed by atoms with E-state index in [1.54, 1.807) is 0 Å². The van der Waals surface area contributed by atoms with E-state index >= 15 is 0 Å². The second-order valence-electron chi connectivity index (χ2n) is 11.1. The maximum atomic E-state index is 2.28. The van der Waals surface area contributed by atoms with Gasteiger partial charge in [0.2, 0.25) is 0 Å². The SMILES string of the molecule is C[Si]C.Cc1[cH-]c2ccccc2c1-c1cccc2ccccc12.Cc1[cH-]c2ccccc2c1-c1cccc2ccccc12.[Cl-].[Cl-].[Zr+4]. The molecule has 0 nitrogen and oxygen atoms in total. The van der Waals surface area contributed by atoms with Gasteiger partial charge in [-0.2, -0.15) is 0 Å². The molecule has 0 aliphatic carbocycles. The van der Waals surface area contributed by atoms with Crippen molar-refractivity contribution in [2.75, 3.05) is 0 Å². The zero-order valence-corrected chi connectivity index (χ0v) is 31.6. The van der Waals surface area contributed by atoms with Gasteiger partial charge < -0.3 is 24.8 Å². The first-order valence-corrected chi connectivity index (χ1v) is 17.0. The van der Waals surface area contributed by atoms with E-state index in [2.05, 4.69) is 173 Å². The average molecular weight is 731 g/mol. The number of benzene rings is 6. The third kappa shape index (κ3) is 7.48. The molecule has 0 heterocycles. The van der Waals surface area contributed by atoms with Crippen LogP contribution >= 0.6 is 0 Å². The molecule has 226 valence electrons. The third-order valence-electron chi connectivity index (χ3n) is 8.11. The number of fused-ring (bicyclic) bond motifs is 4. The van der Waals surface area contributed by atoms with Crippen molar-refractivity contribution in [2.45, 2.75) is 26.9 Å². The normalized spacial score (nSPS) is 10.2. The van der Waals surface area contributed by atoms with Crippen LogP contribution < -0.4 is 24.8 Å². The summed E-state index contributed by atoms with van der Waals surface area (Å²) in [5.41, 5.74) is 8.11. The van der Waals surface area contributed by atoms with Crippen LogP contribution in [0.1, 0.15) is 11.1 Å². The predicted molar refractivity (Wildman–Crippen MR) is 192 cm³/mol. The van der Waals surface area contributed by atoms with Crippen LogP contribution in [-0.2, 0) is 26.2 Å². The van der Waals surface area contributed by atoms with E-state index in [1.165, 1.54) is 76.5 Å². The van der Waals surface area contributed by atoms with Gasteiger partial charge in [-0.1, -0.05) is 135 Å². The van der Waals surface area contributed by atoms with Crippen LogP contribution in [0.2, 0.25) is 13.1 Å². The molecule has 0 amide bonds. The summed E-state index contributed by atoms with van der Waals surface area (Å²) in [6, 6.07) is 52.2. The number of hydrogen-bond donors (Lipinski definition) is 0. The Kier molecular flexibility index (Phi) is 13.8. The first kappa shape index (κ1) is 37.2. The van der Waals surface area contributed by atoms with Gasteiger partial charge in [0.25, 0.3) is 0 Å². The second kappa shape index (κ2) is 17.1. The Morgan fingerprint density at radius 3 is 1.11 bits per heavy atom. The van der Waals surface area contributed by atoms with E-state index in [-0.39, 0.29) is 51.0 Å². The molecule has 0 unspecified atom stereocenters. The van der Waals surface area contributed by atoms with Gasteiger partial charge >= 0.3 is 26.2 Å². The van der Waals surface area contributed by atoms with E-state index in [4.69, 9.17) is 0 Å². The predicted octanol–water partition coefficient (Wildman–Crippen LogP) is 6.17. The molecule has 0 spiro atoms. The number of hydrogen-bond acceptors (Lipinski definition) is 0. The van der Waals surface area contributed by atoms with E-state index in [0.29, 0.717) is 0 Å². The average Bonchev–Trinajstić information content (AvgIpc) is 3.56. The van der Waals surface area contributed by atoms with Crippen molar-refractivity contribution in [3.8, 4) is 22.3 Å². The first-order valence-electron chi connectivity index (χ1n) is 15.0. The molecule has 8 aromatic carbocycles. The minimum Gasteiger partial charge on any atom is -1.00 e. The minimum atomic E-state index is 0. The fourth-order valence-corrected chi connectivity index (χ4v) is 6.34. The standard InChI is InChI=1S/2C20H15.C2H6Si.2ClH.Zr/c2*1-14-13-16-8-3-5-11-18(16)20(14)19-12-6-9-15-7-2-4-10-17(15)19;1-3-2;;;/h2*2-13H,1H3;1-2H3;2*1H;/q2*-1;;;;+4/p-2. The Morgan fingerprint density at radius 1 is 0.413 bits per heavy atom. The van der Waals surface area contributed by atoms with Gasteiger partial charge in [0.05, 0.1) is 0 Å². The molecular weight excluding hydrogens is 695 g/mol. The van der Waals surface area contributed by atoms with Crippen molar-refractivity contribution in [1.82, 2.24) is 0 Å². The zero-order chi connectivity index (χ0) is 29.8. The summed E-state index contributed by atoms with van der Waals surface area (Å²) in [7, 11) is 1.08. The zero-order valence-electron chi connectivity index (χ0n) is 26.6. The molecule has 0 aliphatic heterocycles. The minimum absolute atomic E-state index is 0. The molecule has 0 fully saturated rings. The van der Waals surface area contributed by atoms with Crippen LogP contribution in [0.25, 0.3) is 65.3 Å². The molecule has 8 rings (SSSR count). The van der Waals surface area contributed by atoms with Crippen molar-refractivity contribution in [3.05, 3.63) is 157 Å². The Bertz CT molecular complexity index is 2010. The molecule has 4 heteroatoms. The Hall–Kier alpha value is -3.26. The summed E-state index contributed by atoms with van der Waals surface area (Å²) in [6.07, 6.45) is 0. The van der Waals surface area contributed by atoms with E-state index in [0.717, 1.165) is 9.52 Å². The van der Waals surface area contributed by atoms with Crippen LogP contribution in [0.4, 0.5) is 0 Å². The topological polar surface area (TPSA) is 0 Å². The molecule has 0 saturated carbocycles. The van der Waals surface area contributed by atoms with Gasteiger partial charge in [0.1, 0.15) is 0 Å². The van der Waals surface area contributed by atoms with Crippen molar-refractivity contribution in [1.29, 1.82) is 0 Å². The second-order valence-corrected chi connectivity index (χ2v) is 12.1. The smallest absolute Gasteiger partial charge is 1.00 e. The summed E-state index contributed by atoms with van der Waals surface area (Å²) in [5.74, 6) is 0. The summed E-state index contributed by atoms with van der Waals surface area (Å²) in [6.45, 7) is 8.72. The van der Waals surface area contributed by atoms with Crippen molar-refractivity contribution in [2.24, 2.45) is 0 Å². The fraction of sp³-hybridized carbons (Fsp3) is 0.0952. The van der Waals surface area contributed by atoms with Crippen LogP contribution in [-0.4, -0.2) is 9.52 Å². The largest absolute Gasteiger partial charge is 4.00 e. The Labute approximate surface area is 307 Å². The summed E-state index contributed by atoms with van der Waals surface area (Å²) in [5, 5.41) is 10.6. The van der Waals surface area contributed by atoms with Gasteiger partial charge in [0.15, 0.2) is 0 Å². The maximum Gasteiger partial charge on any atom is 4.00 e. The third-order valence-corrected chi connectivity index (χ3v) is 8.11. The number of halogens is 2. The summed E-state index contributed by atoms with van der Waals surface area (Å²) in [4.78, 5) is 0. The van der Waals surface area contributed by atoms with Crippen molar-refractivity contribution < 1.29 is 51.0 Å². The van der Waals surface area contributed by atoms with Gasteiger partial charge in [0, 0.05) is 9.52 Å². The molecule has 8 aromatic rings. The van der Waals surface area contributed by atoms with E-state index in [9.17, 15) is 0 Å². The first-order chi connectivity index (χ1) is 21.1. The molecule has 0 atom stereocenters. The number of aryl methyl sites for hydroxylation is 2. The Morgan fingerprint density at radius 2 is 0.717 bits per heavy atom. The van der Waals surface area contributed by atoms with Gasteiger partial charge in [-0.3, -0.25) is 0 Å². The molecule has 46 heavy (non-hydrogen) atoms. The quantitative estimate of drug-likeness (QED) is 0.148. The Balaban J connectivity index is 0.000000218. The molecule has 0 N–H and O–H groups in total. The van der Waals surface area contributed by atoms with Crippen LogP contribution in [0, 0.1) is 13.8 Å². The number of rotatable bonds is 2. The molecule has 0 aliphatic rings. The molecule has 0 saturated heterocycles. The van der Waals surface area contributed by atoms with Crippen molar-refractivity contribution in [3.63, 3.8) is 0 Å². The van der Waals surface area contributed by atoms with Crippen LogP contribution in [0.3, 0.4) is 0 Å². The monoisotopic (exact) mass is 728 g/mol. The molecule has 0 bridgehead atoms. The van der Waals surface area contributed by atoms with E-state index in [1.807, 2.05) is 0 Å². The summed E-state index contributed by atoms with van der Waals surface area (Å²) < 4.78 is 0. The van der Waals surface area contributed by atoms with Gasteiger partial charge in [-0.15, -0.1) is 92.3 Å². The maximum absolute atomic E-state index is 2.28. The molecule has 2 radical (unpaired) electrons. The van der Waals surface area contributed by atoms with Gasteiger partial charge in [-0.25, -0.2) is 0 Å². The molecule has 0 aromatic heterocycles. The fourth-order valence-electron chi connectivity index (χ4n) is 6.34. The van der Waals surface area contributed by atoms with Gasteiger partial charge in [-0.05, 0) is 21.5 Å². The summed E-state index contributed by atoms with van der Waals surface area (Å²) >= 11 is 0. The molecular formula is C42H36Cl2SiZr.